The minimum atomic E-state index is -0.371. The van der Waals surface area contributed by atoms with Crippen LogP contribution in [0.4, 0.5) is 16.2 Å². The fraction of sp³-hybridized carbons (Fsp3) is 0.304. The van der Waals surface area contributed by atoms with Crippen LogP contribution in [-0.2, 0) is 4.74 Å². The quantitative estimate of drug-likeness (QED) is 0.435. The zero-order valence-corrected chi connectivity index (χ0v) is 19.6. The Bertz CT molecular complexity index is 1400. The second kappa shape index (κ2) is 9.05. The zero-order valence-electron chi connectivity index (χ0n) is 19.6. The molecule has 5 rings (SSSR count). The Hall–Kier alpha value is -4.48. The number of carbonyl (C=O) groups excluding carboxylic acids is 2. The van der Waals surface area contributed by atoms with Gasteiger partial charge in [-0.05, 0) is 42.8 Å². The number of carbonyl (C=O) groups is 2. The molecule has 35 heavy (non-hydrogen) atoms. The van der Waals surface area contributed by atoms with E-state index in [0.717, 1.165) is 23.4 Å². The Labute approximate surface area is 200 Å². The predicted molar refractivity (Wildman–Crippen MR) is 128 cm³/mol. The van der Waals surface area contributed by atoms with Gasteiger partial charge in [-0.3, -0.25) is 4.79 Å². The fourth-order valence-electron chi connectivity index (χ4n) is 3.93. The van der Waals surface area contributed by atoms with Crippen molar-refractivity contribution in [3.05, 3.63) is 53.9 Å². The number of hydrogen-bond donors (Lipinski definition) is 2. The first-order valence-corrected chi connectivity index (χ1v) is 11.2. The highest BCUT2D eigenvalue weighted by Crippen LogP contribution is 2.26. The number of amides is 2. The van der Waals surface area contributed by atoms with Crippen LogP contribution >= 0.6 is 0 Å². The predicted octanol–water partition coefficient (Wildman–Crippen LogP) is 2.60. The highest BCUT2D eigenvalue weighted by atomic mass is 16.5. The molecule has 1 fully saturated rings. The van der Waals surface area contributed by atoms with Gasteiger partial charge in [-0.15, -0.1) is 10.2 Å². The van der Waals surface area contributed by atoms with Gasteiger partial charge in [0.05, 0.1) is 37.5 Å². The first-order chi connectivity index (χ1) is 17.0. The van der Waals surface area contributed by atoms with E-state index in [1.54, 1.807) is 15.6 Å². The monoisotopic (exact) mass is 475 g/mol. The van der Waals surface area contributed by atoms with E-state index in [-0.39, 0.29) is 18.0 Å². The van der Waals surface area contributed by atoms with E-state index >= 15 is 0 Å². The van der Waals surface area contributed by atoms with E-state index in [1.807, 2.05) is 50.4 Å². The summed E-state index contributed by atoms with van der Waals surface area (Å²) >= 11 is 0. The first kappa shape index (κ1) is 22.3. The molecule has 0 spiro atoms. The van der Waals surface area contributed by atoms with Gasteiger partial charge < -0.3 is 20.3 Å². The third-order valence-electron chi connectivity index (χ3n) is 5.94. The number of fused-ring (bicyclic) bond motifs is 1. The maximum atomic E-state index is 13.1. The number of nitrogens with zero attached hydrogens (tertiary/aromatic N) is 7. The van der Waals surface area contributed by atoms with Crippen molar-refractivity contribution in [2.45, 2.75) is 19.9 Å². The molecular weight excluding hydrogens is 450 g/mol. The van der Waals surface area contributed by atoms with Crippen LogP contribution in [-0.4, -0.2) is 73.5 Å². The van der Waals surface area contributed by atoms with Gasteiger partial charge in [0, 0.05) is 29.7 Å². The van der Waals surface area contributed by atoms with Crippen LogP contribution in [0.5, 0.6) is 0 Å². The third kappa shape index (κ3) is 4.25. The van der Waals surface area contributed by atoms with Gasteiger partial charge >= 0.3 is 6.09 Å². The van der Waals surface area contributed by atoms with Gasteiger partial charge in [0.15, 0.2) is 0 Å². The molecule has 0 aliphatic carbocycles. The van der Waals surface area contributed by atoms with E-state index < -0.39 is 0 Å². The van der Waals surface area contributed by atoms with Crippen LogP contribution in [0.1, 0.15) is 28.9 Å². The lowest BCUT2D eigenvalue weighted by molar-refractivity contribution is 0.0621. The number of nitrogens with one attached hydrogen (secondary N) is 2. The molecular formula is C23H25N9O3. The van der Waals surface area contributed by atoms with Crippen molar-refractivity contribution in [2.75, 3.05) is 37.4 Å². The molecule has 4 heterocycles. The van der Waals surface area contributed by atoms with Crippen molar-refractivity contribution in [2.24, 2.45) is 0 Å². The largest absolute Gasteiger partial charge is 0.453 e. The van der Waals surface area contributed by atoms with Crippen molar-refractivity contribution >= 4 is 28.9 Å². The Balaban J connectivity index is 1.34. The van der Waals surface area contributed by atoms with Gasteiger partial charge in [0.1, 0.15) is 6.04 Å². The summed E-state index contributed by atoms with van der Waals surface area (Å²) in [5.74, 6) is 0.172. The molecule has 0 atom stereocenters. The van der Waals surface area contributed by atoms with Crippen LogP contribution < -0.4 is 10.6 Å². The molecule has 0 saturated carbocycles. The number of hydrogen-bond acceptors (Lipinski definition) is 8. The average molecular weight is 476 g/mol. The highest BCUT2D eigenvalue weighted by molar-refractivity contribution is 6.09. The van der Waals surface area contributed by atoms with Crippen LogP contribution in [0.3, 0.4) is 0 Å². The molecule has 1 aliphatic rings. The Kier molecular flexibility index (Phi) is 5.77. The number of methoxy groups -OCH3 is 1. The molecule has 2 N–H and O–H groups in total. The van der Waals surface area contributed by atoms with E-state index in [1.165, 1.54) is 11.9 Å². The number of likely N-dealkylation sites (tertiary alicyclic amines) is 1. The molecule has 2 amide bonds. The van der Waals surface area contributed by atoms with E-state index in [0.29, 0.717) is 35.7 Å². The van der Waals surface area contributed by atoms with Crippen molar-refractivity contribution in [1.82, 2.24) is 34.7 Å². The van der Waals surface area contributed by atoms with Crippen molar-refractivity contribution in [3.63, 3.8) is 0 Å². The summed E-state index contributed by atoms with van der Waals surface area (Å²) in [7, 11) is 1.35. The molecule has 180 valence electrons. The van der Waals surface area contributed by atoms with E-state index in [2.05, 4.69) is 31.1 Å². The highest BCUT2D eigenvalue weighted by Gasteiger charge is 2.34. The number of pyridine rings is 1. The van der Waals surface area contributed by atoms with Crippen LogP contribution in [0.15, 0.2) is 42.7 Å². The summed E-state index contributed by atoms with van der Waals surface area (Å²) in [5.41, 5.74) is 4.36. The molecule has 0 radical (unpaired) electrons. The number of ether oxygens (including phenoxy) is 1. The molecule has 3 aromatic heterocycles. The van der Waals surface area contributed by atoms with Crippen molar-refractivity contribution in [3.8, 4) is 11.4 Å². The molecule has 0 unspecified atom stereocenters. The second-order valence-electron chi connectivity index (χ2n) is 8.28. The molecule has 12 nitrogen and oxygen atoms in total. The molecule has 0 bridgehead atoms. The van der Waals surface area contributed by atoms with Crippen LogP contribution in [0.25, 0.3) is 16.9 Å². The summed E-state index contributed by atoms with van der Waals surface area (Å²) in [4.78, 5) is 27.8. The number of anilines is 2. The summed E-state index contributed by atoms with van der Waals surface area (Å²) in [6.45, 7) is 5.64. The van der Waals surface area contributed by atoms with Gasteiger partial charge in [0.2, 0.25) is 5.82 Å². The number of tetrazole rings is 1. The van der Waals surface area contributed by atoms with Crippen LogP contribution in [0, 0.1) is 6.92 Å². The third-order valence-corrected chi connectivity index (χ3v) is 5.94. The zero-order chi connectivity index (χ0) is 24.5. The minimum absolute atomic E-state index is 0.0531. The maximum Gasteiger partial charge on any atom is 0.409 e. The lowest BCUT2D eigenvalue weighted by Crippen LogP contribution is -2.51. The van der Waals surface area contributed by atoms with Crippen LogP contribution in [0.2, 0.25) is 0 Å². The molecule has 12 heteroatoms. The van der Waals surface area contributed by atoms with Crippen molar-refractivity contribution < 1.29 is 14.3 Å². The maximum absolute atomic E-state index is 13.1. The topological polar surface area (TPSA) is 132 Å². The Morgan fingerprint density at radius 1 is 1.20 bits per heavy atom. The lowest BCUT2D eigenvalue weighted by atomic mass is 10.1. The number of rotatable bonds is 6. The Morgan fingerprint density at radius 2 is 2.03 bits per heavy atom. The number of aromatic nitrogens is 6. The number of aryl methyl sites for hydroxylation is 1. The summed E-state index contributed by atoms with van der Waals surface area (Å²) < 4.78 is 6.38. The molecule has 1 aromatic carbocycles. The van der Waals surface area contributed by atoms with E-state index in [9.17, 15) is 9.59 Å². The first-order valence-electron chi connectivity index (χ1n) is 11.2. The van der Waals surface area contributed by atoms with Gasteiger partial charge in [0.25, 0.3) is 5.91 Å². The fourth-order valence-corrected chi connectivity index (χ4v) is 3.93. The molecule has 1 saturated heterocycles. The van der Waals surface area contributed by atoms with Crippen molar-refractivity contribution in [1.29, 1.82) is 0 Å². The van der Waals surface area contributed by atoms with E-state index in [4.69, 9.17) is 4.74 Å². The molecule has 4 aromatic rings. The SMILES string of the molecule is CCNc1ccn2ncc(C(=O)Nc3cc(-c4nnn(C5CN(C(=O)OC)C5)n4)ccc3C)c2c1. The Morgan fingerprint density at radius 3 is 2.80 bits per heavy atom. The average Bonchev–Trinajstić information content (AvgIpc) is 3.47. The summed E-state index contributed by atoms with van der Waals surface area (Å²) in [5, 5.41) is 23.3. The minimum Gasteiger partial charge on any atom is -0.453 e. The standard InChI is InChI=1S/C23H25N9O3/c1-4-24-16-7-8-31-20(10-16)18(11-25-31)22(33)26-19-9-15(6-5-14(19)2)21-27-29-32(28-21)17-12-30(13-17)23(34)35-3/h5-11,17,24H,4,12-13H2,1-3H3,(H,26,33). The lowest BCUT2D eigenvalue weighted by Gasteiger charge is -2.36. The van der Waals surface area contributed by atoms with Gasteiger partial charge in [-0.2, -0.15) is 9.90 Å². The smallest absolute Gasteiger partial charge is 0.409 e. The normalized spacial score (nSPS) is 13.5. The summed E-state index contributed by atoms with van der Waals surface area (Å²) in [6.07, 6.45) is 3.00. The second-order valence-corrected chi connectivity index (χ2v) is 8.28. The van der Waals surface area contributed by atoms with Gasteiger partial charge in [-0.25, -0.2) is 9.31 Å². The number of benzene rings is 1. The summed E-state index contributed by atoms with van der Waals surface area (Å²) in [6, 6.07) is 9.36. The molecule has 1 aliphatic heterocycles. The van der Waals surface area contributed by atoms with Gasteiger partial charge in [-0.1, -0.05) is 12.1 Å².